The number of amides is 1. The quantitative estimate of drug-likeness (QED) is 0.839. The molecule has 6 heteroatoms. The van der Waals surface area contributed by atoms with Crippen LogP contribution < -0.4 is 5.32 Å². The Hall–Kier alpha value is -1.98. The molecule has 0 radical (unpaired) electrons. The zero-order chi connectivity index (χ0) is 13.7. The number of halogens is 2. The third-order valence-corrected chi connectivity index (χ3v) is 2.44. The molecule has 1 atom stereocenters. The number of carbonyl (C=O) groups is 2. The maximum absolute atomic E-state index is 13.3. The molecule has 18 heavy (non-hydrogen) atoms. The Morgan fingerprint density at radius 3 is 2.33 bits per heavy atom. The number of aliphatic carboxylic acids is 1. The molecule has 0 aliphatic carbocycles. The van der Waals surface area contributed by atoms with Gasteiger partial charge in [-0.15, -0.1) is 0 Å². The van der Waals surface area contributed by atoms with Crippen molar-refractivity contribution in [2.45, 2.75) is 25.8 Å². The van der Waals surface area contributed by atoms with Gasteiger partial charge in [-0.25, -0.2) is 13.6 Å². The van der Waals surface area contributed by atoms with Crippen LogP contribution in [0.2, 0.25) is 0 Å². The fourth-order valence-corrected chi connectivity index (χ4v) is 1.45. The van der Waals surface area contributed by atoms with Crippen LogP contribution in [0.1, 0.15) is 18.9 Å². The van der Waals surface area contributed by atoms with Gasteiger partial charge in [0.15, 0.2) is 0 Å². The van der Waals surface area contributed by atoms with Crippen LogP contribution in [0.15, 0.2) is 18.2 Å². The molecule has 0 spiro atoms. The lowest BCUT2D eigenvalue weighted by molar-refractivity contribution is -0.141. The molecule has 2 N–H and O–H groups in total. The number of benzene rings is 1. The third-order valence-electron chi connectivity index (χ3n) is 2.44. The fraction of sp³-hybridized carbons (Fsp3) is 0.333. The molecule has 0 aromatic heterocycles. The molecule has 1 aromatic carbocycles. The van der Waals surface area contributed by atoms with Crippen LogP contribution in [0.3, 0.4) is 0 Å². The number of nitrogens with one attached hydrogen (secondary N) is 1. The lowest BCUT2D eigenvalue weighted by Crippen LogP contribution is -2.41. The van der Waals surface area contributed by atoms with Gasteiger partial charge in [0.2, 0.25) is 5.91 Å². The third kappa shape index (κ3) is 3.51. The van der Waals surface area contributed by atoms with Gasteiger partial charge < -0.3 is 10.4 Å². The first-order chi connectivity index (χ1) is 8.45. The number of carboxylic acid groups (broad SMARTS) is 1. The molecule has 0 fully saturated rings. The largest absolute Gasteiger partial charge is 0.480 e. The minimum absolute atomic E-state index is 0.195. The topological polar surface area (TPSA) is 66.4 Å². The Morgan fingerprint density at radius 2 is 1.89 bits per heavy atom. The standard InChI is InChI=1S/C12H13F2NO3/c1-2-10(12(17)18)15-11(16)6-7-8(13)4-3-5-9(7)14/h3-5,10H,2,6H2,1H3,(H,15,16)(H,17,18)/t10-/m0/s1. The highest BCUT2D eigenvalue weighted by Crippen LogP contribution is 2.12. The Labute approximate surface area is 103 Å². The van der Waals surface area contributed by atoms with Crippen LogP contribution in [-0.2, 0) is 16.0 Å². The van der Waals surface area contributed by atoms with Crippen molar-refractivity contribution in [3.05, 3.63) is 35.4 Å². The molecule has 0 saturated heterocycles. The van der Waals surface area contributed by atoms with Crippen LogP contribution in [0.25, 0.3) is 0 Å². The normalized spacial score (nSPS) is 11.9. The first kappa shape index (κ1) is 14.1. The summed E-state index contributed by atoms with van der Waals surface area (Å²) in [6.07, 6.45) is -0.330. The summed E-state index contributed by atoms with van der Waals surface area (Å²) in [6.45, 7) is 1.59. The number of hydrogen-bond acceptors (Lipinski definition) is 2. The van der Waals surface area contributed by atoms with Gasteiger partial charge in [0.1, 0.15) is 17.7 Å². The molecule has 98 valence electrons. The van der Waals surface area contributed by atoms with Crippen LogP contribution in [0.4, 0.5) is 8.78 Å². The molecule has 0 bridgehead atoms. The van der Waals surface area contributed by atoms with Crippen molar-refractivity contribution < 1.29 is 23.5 Å². The molecule has 0 unspecified atom stereocenters. The maximum atomic E-state index is 13.3. The van der Waals surface area contributed by atoms with Gasteiger partial charge >= 0.3 is 5.97 Å². The van der Waals surface area contributed by atoms with E-state index in [2.05, 4.69) is 5.32 Å². The van der Waals surface area contributed by atoms with Gasteiger partial charge in [-0.1, -0.05) is 13.0 Å². The molecule has 0 aliphatic heterocycles. The second-order valence-corrected chi connectivity index (χ2v) is 3.74. The van der Waals surface area contributed by atoms with Gasteiger partial charge in [-0.2, -0.15) is 0 Å². The van der Waals surface area contributed by atoms with Crippen molar-refractivity contribution in [3.8, 4) is 0 Å². The number of carbonyl (C=O) groups excluding carboxylic acids is 1. The summed E-state index contributed by atoms with van der Waals surface area (Å²) in [7, 11) is 0. The smallest absolute Gasteiger partial charge is 0.326 e. The molecule has 0 aliphatic rings. The van der Waals surface area contributed by atoms with Crippen LogP contribution in [0.5, 0.6) is 0 Å². The summed E-state index contributed by atoms with van der Waals surface area (Å²) in [5, 5.41) is 10.9. The van der Waals surface area contributed by atoms with Crippen LogP contribution in [0, 0.1) is 11.6 Å². The van der Waals surface area contributed by atoms with Gasteiger partial charge in [-0.05, 0) is 18.6 Å². The van der Waals surface area contributed by atoms with E-state index in [1.807, 2.05) is 0 Å². The van der Waals surface area contributed by atoms with E-state index in [9.17, 15) is 18.4 Å². The SMILES string of the molecule is CC[C@H](NC(=O)Cc1c(F)cccc1F)C(=O)O. The van der Waals surface area contributed by atoms with E-state index in [4.69, 9.17) is 5.11 Å². The Morgan fingerprint density at radius 1 is 1.33 bits per heavy atom. The Kier molecular flexibility index (Phi) is 4.76. The first-order valence-corrected chi connectivity index (χ1v) is 5.40. The van der Waals surface area contributed by atoms with Gasteiger partial charge in [0, 0.05) is 5.56 Å². The zero-order valence-electron chi connectivity index (χ0n) is 9.74. The van der Waals surface area contributed by atoms with E-state index in [1.165, 1.54) is 6.07 Å². The molecule has 1 amide bonds. The second-order valence-electron chi connectivity index (χ2n) is 3.74. The highest BCUT2D eigenvalue weighted by atomic mass is 19.1. The lowest BCUT2D eigenvalue weighted by atomic mass is 10.1. The minimum atomic E-state index is -1.18. The monoisotopic (exact) mass is 257 g/mol. The van der Waals surface area contributed by atoms with E-state index >= 15 is 0 Å². The lowest BCUT2D eigenvalue weighted by Gasteiger charge is -2.12. The molecular formula is C12H13F2NO3. The summed E-state index contributed by atoms with van der Waals surface area (Å²) in [4.78, 5) is 22.2. The average molecular weight is 257 g/mol. The maximum Gasteiger partial charge on any atom is 0.326 e. The molecule has 1 aromatic rings. The predicted molar refractivity (Wildman–Crippen MR) is 59.9 cm³/mol. The van der Waals surface area contributed by atoms with Crippen molar-refractivity contribution in [1.82, 2.24) is 5.32 Å². The van der Waals surface area contributed by atoms with Crippen LogP contribution >= 0.6 is 0 Å². The molecule has 4 nitrogen and oxygen atoms in total. The van der Waals surface area contributed by atoms with Crippen molar-refractivity contribution in [3.63, 3.8) is 0 Å². The van der Waals surface area contributed by atoms with Crippen molar-refractivity contribution in [1.29, 1.82) is 0 Å². The summed E-state index contributed by atoms with van der Waals surface area (Å²) >= 11 is 0. The molecule has 0 heterocycles. The minimum Gasteiger partial charge on any atom is -0.480 e. The van der Waals surface area contributed by atoms with E-state index in [0.717, 1.165) is 12.1 Å². The first-order valence-electron chi connectivity index (χ1n) is 5.40. The Bertz CT molecular complexity index is 442. The van der Waals surface area contributed by atoms with Gasteiger partial charge in [-0.3, -0.25) is 4.79 Å². The molecule has 0 saturated carbocycles. The average Bonchev–Trinajstić information content (AvgIpc) is 2.30. The van der Waals surface area contributed by atoms with Crippen molar-refractivity contribution in [2.75, 3.05) is 0 Å². The Balaban J connectivity index is 2.73. The second kappa shape index (κ2) is 6.09. The fourth-order valence-electron chi connectivity index (χ4n) is 1.45. The van der Waals surface area contributed by atoms with Crippen molar-refractivity contribution in [2.24, 2.45) is 0 Å². The van der Waals surface area contributed by atoms with E-state index in [0.29, 0.717) is 0 Å². The van der Waals surface area contributed by atoms with Crippen molar-refractivity contribution >= 4 is 11.9 Å². The zero-order valence-corrected chi connectivity index (χ0v) is 9.74. The van der Waals surface area contributed by atoms with E-state index in [1.54, 1.807) is 6.92 Å². The number of rotatable bonds is 5. The summed E-state index contributed by atoms with van der Waals surface area (Å²) in [5.41, 5.74) is -0.366. The van der Waals surface area contributed by atoms with Gasteiger partial charge in [0.05, 0.1) is 6.42 Å². The molecular weight excluding hydrogens is 244 g/mol. The number of hydrogen-bond donors (Lipinski definition) is 2. The highest BCUT2D eigenvalue weighted by molar-refractivity contribution is 5.84. The van der Waals surface area contributed by atoms with Crippen LogP contribution in [-0.4, -0.2) is 23.0 Å². The highest BCUT2D eigenvalue weighted by Gasteiger charge is 2.19. The summed E-state index contributed by atoms with van der Waals surface area (Å²) in [5.74, 6) is -3.56. The summed E-state index contributed by atoms with van der Waals surface area (Å²) in [6, 6.07) is 2.23. The van der Waals surface area contributed by atoms with E-state index in [-0.39, 0.29) is 12.0 Å². The molecule has 1 rings (SSSR count). The van der Waals surface area contributed by atoms with Gasteiger partial charge in [0.25, 0.3) is 0 Å². The predicted octanol–water partition coefficient (Wildman–Crippen LogP) is 1.49. The summed E-state index contributed by atoms with van der Waals surface area (Å²) < 4.78 is 26.5. The number of carboxylic acids is 1. The van der Waals surface area contributed by atoms with E-state index < -0.39 is 36.0 Å².